The lowest BCUT2D eigenvalue weighted by Crippen LogP contribution is -2.05. The number of aromatic amines is 2. The van der Waals surface area contributed by atoms with Gasteiger partial charge in [-0.2, -0.15) is 20.2 Å². The lowest BCUT2D eigenvalue weighted by atomic mass is 10.3. The van der Waals surface area contributed by atoms with Gasteiger partial charge in [0.1, 0.15) is 23.0 Å². The minimum absolute atomic E-state index is 0.257. The summed E-state index contributed by atoms with van der Waals surface area (Å²) in [5.74, 6) is 1.89. The standard InChI is InChI=1S/C21H23N11O/c1-13-16(24-11-22-13)9-26-31-20-8-19(28-15-6-4-5-7-18(15)33-3)29-21(30-20)32-27-10-17-14(2)23-12-25-17/h4-12H,1-3H3,(H,22,24)(H,23,25)(H3,28,29,30,31,32). The summed E-state index contributed by atoms with van der Waals surface area (Å²) in [6.45, 7) is 3.82. The van der Waals surface area contributed by atoms with E-state index in [1.54, 1.807) is 38.3 Å². The molecule has 5 N–H and O–H groups in total. The molecule has 0 aliphatic carbocycles. The van der Waals surface area contributed by atoms with Gasteiger partial charge in [0.05, 0.1) is 37.9 Å². The number of nitrogens with zero attached hydrogens (tertiary/aromatic N) is 6. The number of benzene rings is 1. The summed E-state index contributed by atoms with van der Waals surface area (Å²) in [5, 5.41) is 11.6. The van der Waals surface area contributed by atoms with E-state index in [4.69, 9.17) is 4.74 Å². The zero-order chi connectivity index (χ0) is 23.0. The number of H-pyrrole nitrogens is 2. The molecule has 0 atom stereocenters. The van der Waals surface area contributed by atoms with Crippen LogP contribution in [0.15, 0.2) is 53.2 Å². The van der Waals surface area contributed by atoms with E-state index in [9.17, 15) is 0 Å². The Hall–Kier alpha value is -4.74. The maximum atomic E-state index is 5.41. The van der Waals surface area contributed by atoms with Crippen LogP contribution in [0.2, 0.25) is 0 Å². The summed E-state index contributed by atoms with van der Waals surface area (Å²) in [6.07, 6.45) is 6.40. The van der Waals surface area contributed by atoms with E-state index in [1.165, 1.54) is 0 Å². The number of nitrogens with one attached hydrogen (secondary N) is 5. The van der Waals surface area contributed by atoms with Crippen molar-refractivity contribution in [3.05, 3.63) is 65.8 Å². The van der Waals surface area contributed by atoms with Gasteiger partial charge in [0.25, 0.3) is 0 Å². The lowest BCUT2D eigenvalue weighted by Gasteiger charge is -2.12. The number of aromatic nitrogens is 6. The molecule has 0 unspecified atom stereocenters. The second-order valence-electron chi connectivity index (χ2n) is 6.85. The summed E-state index contributed by atoms with van der Waals surface area (Å²) in [7, 11) is 1.61. The summed E-state index contributed by atoms with van der Waals surface area (Å²) in [6, 6.07) is 9.25. The average molecular weight is 445 g/mol. The van der Waals surface area contributed by atoms with Crippen LogP contribution in [-0.2, 0) is 0 Å². The summed E-state index contributed by atoms with van der Waals surface area (Å²) in [5.41, 5.74) is 9.73. The molecule has 0 aliphatic rings. The molecule has 0 spiro atoms. The van der Waals surface area contributed by atoms with Crippen molar-refractivity contribution in [1.29, 1.82) is 0 Å². The normalized spacial score (nSPS) is 11.2. The van der Waals surface area contributed by atoms with Gasteiger partial charge in [-0.05, 0) is 26.0 Å². The quantitative estimate of drug-likeness (QED) is 0.194. The molecule has 0 aliphatic heterocycles. The van der Waals surface area contributed by atoms with Gasteiger partial charge < -0.3 is 20.0 Å². The van der Waals surface area contributed by atoms with Crippen molar-refractivity contribution in [3.8, 4) is 5.75 Å². The fourth-order valence-electron chi connectivity index (χ4n) is 2.81. The number of ether oxygens (including phenoxy) is 1. The van der Waals surface area contributed by atoms with Crippen LogP contribution in [-0.4, -0.2) is 49.4 Å². The van der Waals surface area contributed by atoms with Crippen LogP contribution in [0.25, 0.3) is 0 Å². The van der Waals surface area contributed by atoms with Crippen LogP contribution < -0.4 is 20.9 Å². The second kappa shape index (κ2) is 10.0. The Morgan fingerprint density at radius 3 is 2.15 bits per heavy atom. The Labute approximate surface area is 189 Å². The van der Waals surface area contributed by atoms with E-state index in [1.807, 2.05) is 38.1 Å². The minimum Gasteiger partial charge on any atom is -0.495 e. The lowest BCUT2D eigenvalue weighted by molar-refractivity contribution is 0.417. The highest BCUT2D eigenvalue weighted by Crippen LogP contribution is 2.27. The predicted octanol–water partition coefficient (Wildman–Crippen LogP) is 3.18. The molecule has 12 nitrogen and oxygen atoms in total. The van der Waals surface area contributed by atoms with Crippen molar-refractivity contribution in [2.45, 2.75) is 13.8 Å². The molecule has 33 heavy (non-hydrogen) atoms. The van der Waals surface area contributed by atoms with Gasteiger partial charge in [-0.15, -0.1) is 0 Å². The molecular weight excluding hydrogens is 422 g/mol. The van der Waals surface area contributed by atoms with Crippen LogP contribution in [0, 0.1) is 13.8 Å². The number of methoxy groups -OCH3 is 1. The third kappa shape index (κ3) is 5.50. The Morgan fingerprint density at radius 2 is 1.52 bits per heavy atom. The van der Waals surface area contributed by atoms with E-state index < -0.39 is 0 Å². The highest BCUT2D eigenvalue weighted by Gasteiger charge is 2.08. The number of aryl methyl sites for hydroxylation is 2. The van der Waals surface area contributed by atoms with Crippen LogP contribution in [0.5, 0.6) is 5.75 Å². The van der Waals surface area contributed by atoms with Gasteiger partial charge in [0.2, 0.25) is 5.95 Å². The van der Waals surface area contributed by atoms with Crippen molar-refractivity contribution in [2.75, 3.05) is 23.3 Å². The number of imidazole rings is 2. The molecule has 12 heteroatoms. The molecule has 0 radical (unpaired) electrons. The van der Waals surface area contributed by atoms with Crippen molar-refractivity contribution < 1.29 is 4.74 Å². The van der Waals surface area contributed by atoms with Crippen molar-refractivity contribution >= 4 is 35.7 Å². The third-order valence-electron chi connectivity index (χ3n) is 4.55. The Balaban J connectivity index is 1.57. The summed E-state index contributed by atoms with van der Waals surface area (Å²) < 4.78 is 5.41. The van der Waals surface area contributed by atoms with Crippen LogP contribution in [0.4, 0.5) is 23.3 Å². The second-order valence-corrected chi connectivity index (χ2v) is 6.85. The van der Waals surface area contributed by atoms with Crippen molar-refractivity contribution in [3.63, 3.8) is 0 Å². The predicted molar refractivity (Wildman–Crippen MR) is 127 cm³/mol. The summed E-state index contributed by atoms with van der Waals surface area (Å²) >= 11 is 0. The third-order valence-corrected chi connectivity index (χ3v) is 4.55. The molecule has 4 aromatic rings. The van der Waals surface area contributed by atoms with E-state index in [-0.39, 0.29) is 5.95 Å². The maximum absolute atomic E-state index is 5.41. The van der Waals surface area contributed by atoms with E-state index in [2.05, 4.69) is 56.3 Å². The number of hydrogen-bond donors (Lipinski definition) is 5. The van der Waals surface area contributed by atoms with Gasteiger partial charge in [0.15, 0.2) is 5.82 Å². The van der Waals surface area contributed by atoms with E-state index >= 15 is 0 Å². The molecule has 4 rings (SSSR count). The van der Waals surface area contributed by atoms with E-state index in [0.29, 0.717) is 23.1 Å². The molecule has 0 saturated heterocycles. The molecule has 0 saturated carbocycles. The highest BCUT2D eigenvalue weighted by molar-refractivity contribution is 5.79. The molecular formula is C21H23N11O. The van der Waals surface area contributed by atoms with Crippen LogP contribution in [0.3, 0.4) is 0 Å². The zero-order valence-corrected chi connectivity index (χ0v) is 18.3. The van der Waals surface area contributed by atoms with Gasteiger partial charge in [-0.25, -0.2) is 15.4 Å². The first-order valence-corrected chi connectivity index (χ1v) is 9.99. The molecule has 0 amide bonds. The maximum Gasteiger partial charge on any atom is 0.247 e. The molecule has 3 heterocycles. The number of anilines is 4. The highest BCUT2D eigenvalue weighted by atomic mass is 16.5. The fourth-order valence-corrected chi connectivity index (χ4v) is 2.81. The number of para-hydroxylation sites is 2. The number of rotatable bonds is 9. The van der Waals surface area contributed by atoms with Crippen LogP contribution in [0.1, 0.15) is 22.8 Å². The molecule has 0 bridgehead atoms. The Bertz CT molecular complexity index is 1200. The first-order chi connectivity index (χ1) is 16.1. The average Bonchev–Trinajstić information content (AvgIpc) is 3.42. The van der Waals surface area contributed by atoms with Crippen molar-refractivity contribution in [2.24, 2.45) is 10.2 Å². The Morgan fingerprint density at radius 1 is 0.879 bits per heavy atom. The smallest absolute Gasteiger partial charge is 0.247 e. The first kappa shape index (κ1) is 21.5. The minimum atomic E-state index is 0.257. The largest absolute Gasteiger partial charge is 0.495 e. The fraction of sp³-hybridized carbons (Fsp3) is 0.143. The number of hydrazone groups is 2. The van der Waals surface area contributed by atoms with Gasteiger partial charge >= 0.3 is 0 Å². The van der Waals surface area contributed by atoms with Crippen molar-refractivity contribution in [1.82, 2.24) is 29.9 Å². The molecule has 0 fully saturated rings. The number of hydrogen-bond acceptors (Lipinski definition) is 10. The van der Waals surface area contributed by atoms with Gasteiger partial charge in [-0.1, -0.05) is 12.1 Å². The van der Waals surface area contributed by atoms with Gasteiger partial charge in [0, 0.05) is 17.5 Å². The SMILES string of the molecule is COc1ccccc1Nc1cc(NN=Cc2nc[nH]c2C)nc(NN=Cc2nc[nH]c2C)n1. The molecule has 3 aromatic heterocycles. The summed E-state index contributed by atoms with van der Waals surface area (Å²) in [4.78, 5) is 23.2. The monoisotopic (exact) mass is 445 g/mol. The first-order valence-electron chi connectivity index (χ1n) is 9.99. The Kier molecular flexibility index (Phi) is 6.54. The molecule has 168 valence electrons. The van der Waals surface area contributed by atoms with Gasteiger partial charge in [-0.3, -0.25) is 5.43 Å². The molecule has 1 aromatic carbocycles. The van der Waals surface area contributed by atoms with E-state index in [0.717, 1.165) is 22.8 Å². The topological polar surface area (TPSA) is 153 Å². The van der Waals surface area contributed by atoms with Crippen LogP contribution >= 0.6 is 0 Å². The zero-order valence-electron chi connectivity index (χ0n) is 18.3.